The zero-order chi connectivity index (χ0) is 22.5. The van der Waals surface area contributed by atoms with Crippen molar-refractivity contribution in [3.63, 3.8) is 0 Å². The molecular formula is C30H40O2. The van der Waals surface area contributed by atoms with Gasteiger partial charge in [-0.2, -0.15) is 0 Å². The predicted molar refractivity (Wildman–Crippen MR) is 135 cm³/mol. The van der Waals surface area contributed by atoms with Gasteiger partial charge >= 0.3 is 0 Å². The summed E-state index contributed by atoms with van der Waals surface area (Å²) >= 11 is 0. The van der Waals surface area contributed by atoms with Crippen molar-refractivity contribution < 1.29 is 9.47 Å². The quantitative estimate of drug-likeness (QED) is 0.226. The van der Waals surface area contributed by atoms with E-state index in [1.807, 2.05) is 12.2 Å². The van der Waals surface area contributed by atoms with Crippen LogP contribution >= 0.6 is 0 Å². The fraction of sp³-hybridized carbons (Fsp3) is 0.467. The molecule has 3 rings (SSSR count). The van der Waals surface area contributed by atoms with Gasteiger partial charge < -0.3 is 9.47 Å². The molecule has 2 aromatic carbocycles. The Morgan fingerprint density at radius 3 is 1.75 bits per heavy atom. The molecule has 0 unspecified atom stereocenters. The van der Waals surface area contributed by atoms with E-state index in [-0.39, 0.29) is 5.41 Å². The standard InChI is InChI=1S/C30H40O2/c1-3-22-31-24-30(25-32-23-4-2,28-18-12-7-13-19-28)21-20-29(26-14-8-5-9-15-26)27-16-10-6-11-17-27/h3-6,8-11,14-17,28-29H,1-2,7,12-13,18-25H2. The van der Waals surface area contributed by atoms with Gasteiger partial charge in [-0.1, -0.05) is 92.1 Å². The molecule has 1 saturated carbocycles. The zero-order valence-electron chi connectivity index (χ0n) is 19.6. The van der Waals surface area contributed by atoms with Crippen LogP contribution in [-0.4, -0.2) is 26.4 Å². The maximum atomic E-state index is 6.15. The third kappa shape index (κ3) is 6.92. The summed E-state index contributed by atoms with van der Waals surface area (Å²) in [5, 5.41) is 0. The lowest BCUT2D eigenvalue weighted by molar-refractivity contribution is -0.0612. The van der Waals surface area contributed by atoms with Crippen molar-refractivity contribution in [1.29, 1.82) is 0 Å². The van der Waals surface area contributed by atoms with E-state index >= 15 is 0 Å². The SMILES string of the molecule is C=CCOCC(CCC(c1ccccc1)c1ccccc1)(COCC=C)C1CCCCC1. The molecule has 0 saturated heterocycles. The summed E-state index contributed by atoms with van der Waals surface area (Å²) in [5.74, 6) is 1.01. The van der Waals surface area contributed by atoms with Crippen LogP contribution < -0.4 is 0 Å². The highest BCUT2D eigenvalue weighted by Gasteiger charge is 2.40. The van der Waals surface area contributed by atoms with Crippen molar-refractivity contribution in [2.75, 3.05) is 26.4 Å². The average Bonchev–Trinajstić information content (AvgIpc) is 2.86. The van der Waals surface area contributed by atoms with Crippen LogP contribution in [0.5, 0.6) is 0 Å². The second kappa shape index (κ2) is 13.4. The minimum absolute atomic E-state index is 0.0221. The molecule has 0 amide bonds. The molecule has 0 heterocycles. The van der Waals surface area contributed by atoms with Crippen LogP contribution in [-0.2, 0) is 9.47 Å². The second-order valence-electron chi connectivity index (χ2n) is 9.22. The summed E-state index contributed by atoms with van der Waals surface area (Å²) < 4.78 is 12.3. The van der Waals surface area contributed by atoms with Crippen molar-refractivity contribution >= 4 is 0 Å². The normalized spacial score (nSPS) is 15.0. The van der Waals surface area contributed by atoms with Crippen molar-refractivity contribution in [2.45, 2.75) is 50.9 Å². The van der Waals surface area contributed by atoms with E-state index in [0.717, 1.165) is 26.1 Å². The van der Waals surface area contributed by atoms with Gasteiger partial charge in [0.2, 0.25) is 0 Å². The number of benzene rings is 2. The predicted octanol–water partition coefficient (Wildman–Crippen LogP) is 7.57. The van der Waals surface area contributed by atoms with Crippen molar-refractivity contribution in [1.82, 2.24) is 0 Å². The third-order valence-corrected chi connectivity index (χ3v) is 7.06. The van der Waals surface area contributed by atoms with Crippen LogP contribution in [0, 0.1) is 11.3 Å². The second-order valence-corrected chi connectivity index (χ2v) is 9.22. The Hall–Kier alpha value is -2.16. The highest BCUT2D eigenvalue weighted by atomic mass is 16.5. The topological polar surface area (TPSA) is 18.5 Å². The molecule has 0 aliphatic heterocycles. The number of ether oxygens (including phenoxy) is 2. The van der Waals surface area contributed by atoms with Crippen LogP contribution in [0.15, 0.2) is 86.0 Å². The Labute approximate surface area is 195 Å². The molecule has 0 radical (unpaired) electrons. The maximum Gasteiger partial charge on any atom is 0.0645 e. The van der Waals surface area contributed by atoms with Gasteiger partial charge in [0.15, 0.2) is 0 Å². The Bertz CT molecular complexity index is 723. The first-order valence-electron chi connectivity index (χ1n) is 12.3. The summed E-state index contributed by atoms with van der Waals surface area (Å²) in [6, 6.07) is 21.9. The molecule has 1 fully saturated rings. The fourth-order valence-electron chi connectivity index (χ4n) is 5.36. The Kier molecular flexibility index (Phi) is 10.3. The average molecular weight is 433 g/mol. The van der Waals surface area contributed by atoms with Gasteiger partial charge in [0.25, 0.3) is 0 Å². The zero-order valence-corrected chi connectivity index (χ0v) is 19.6. The van der Waals surface area contributed by atoms with Crippen LogP contribution in [0.3, 0.4) is 0 Å². The maximum absolute atomic E-state index is 6.15. The van der Waals surface area contributed by atoms with E-state index in [0.29, 0.717) is 25.0 Å². The molecule has 32 heavy (non-hydrogen) atoms. The lowest BCUT2D eigenvalue weighted by Crippen LogP contribution is -2.41. The Morgan fingerprint density at radius 2 is 1.28 bits per heavy atom. The van der Waals surface area contributed by atoms with Crippen LogP contribution in [0.25, 0.3) is 0 Å². The van der Waals surface area contributed by atoms with Gasteiger partial charge in [0.05, 0.1) is 26.4 Å². The molecule has 2 heteroatoms. The molecule has 0 N–H and O–H groups in total. The van der Waals surface area contributed by atoms with Crippen molar-refractivity contribution in [3.05, 3.63) is 97.1 Å². The monoisotopic (exact) mass is 432 g/mol. The van der Waals surface area contributed by atoms with Gasteiger partial charge in [0.1, 0.15) is 0 Å². The number of hydrogen-bond donors (Lipinski definition) is 0. The fourth-order valence-corrected chi connectivity index (χ4v) is 5.36. The lowest BCUT2D eigenvalue weighted by Gasteiger charge is -2.43. The summed E-state index contributed by atoms with van der Waals surface area (Å²) in [6.45, 7) is 10.4. The molecular weight excluding hydrogens is 392 g/mol. The first-order valence-corrected chi connectivity index (χ1v) is 12.3. The first kappa shape index (κ1) is 24.5. The van der Waals surface area contributed by atoms with Gasteiger partial charge in [-0.15, -0.1) is 13.2 Å². The molecule has 2 aromatic rings. The van der Waals surface area contributed by atoms with Crippen LogP contribution in [0.2, 0.25) is 0 Å². The summed E-state index contributed by atoms with van der Waals surface area (Å²) in [7, 11) is 0. The molecule has 0 spiro atoms. The molecule has 2 nitrogen and oxygen atoms in total. The van der Waals surface area contributed by atoms with E-state index in [4.69, 9.17) is 9.47 Å². The highest BCUT2D eigenvalue weighted by Crippen LogP contribution is 2.45. The van der Waals surface area contributed by atoms with Crippen molar-refractivity contribution in [2.24, 2.45) is 11.3 Å². The summed E-state index contributed by atoms with van der Waals surface area (Å²) in [6.07, 6.45) is 12.4. The van der Waals surface area contributed by atoms with E-state index in [2.05, 4.69) is 73.8 Å². The van der Waals surface area contributed by atoms with E-state index in [1.165, 1.54) is 43.2 Å². The molecule has 1 aliphatic rings. The molecule has 0 aromatic heterocycles. The van der Waals surface area contributed by atoms with Gasteiger partial charge in [0, 0.05) is 11.3 Å². The molecule has 172 valence electrons. The smallest absolute Gasteiger partial charge is 0.0645 e. The molecule has 0 atom stereocenters. The Morgan fingerprint density at radius 1 is 0.781 bits per heavy atom. The lowest BCUT2D eigenvalue weighted by atomic mass is 9.66. The van der Waals surface area contributed by atoms with Gasteiger partial charge in [-0.3, -0.25) is 0 Å². The minimum atomic E-state index is 0.0221. The summed E-state index contributed by atoms with van der Waals surface area (Å²) in [4.78, 5) is 0. The number of hydrogen-bond acceptors (Lipinski definition) is 2. The number of rotatable bonds is 14. The summed E-state index contributed by atoms with van der Waals surface area (Å²) in [5.41, 5.74) is 2.79. The van der Waals surface area contributed by atoms with E-state index in [1.54, 1.807) is 0 Å². The van der Waals surface area contributed by atoms with Gasteiger partial charge in [-0.05, 0) is 42.7 Å². The van der Waals surface area contributed by atoms with Crippen molar-refractivity contribution in [3.8, 4) is 0 Å². The van der Waals surface area contributed by atoms with Crippen LogP contribution in [0.4, 0.5) is 0 Å². The molecule has 0 bridgehead atoms. The molecule has 1 aliphatic carbocycles. The largest absolute Gasteiger partial charge is 0.377 e. The Balaban J connectivity index is 1.87. The van der Waals surface area contributed by atoms with E-state index in [9.17, 15) is 0 Å². The van der Waals surface area contributed by atoms with Crippen LogP contribution in [0.1, 0.15) is 62.0 Å². The third-order valence-electron chi connectivity index (χ3n) is 7.06. The van der Waals surface area contributed by atoms with Gasteiger partial charge in [-0.25, -0.2) is 0 Å². The highest BCUT2D eigenvalue weighted by molar-refractivity contribution is 5.32. The minimum Gasteiger partial charge on any atom is -0.377 e. The van der Waals surface area contributed by atoms with E-state index < -0.39 is 0 Å². The first-order chi connectivity index (χ1) is 15.8.